The molecule has 2 aromatic rings. The molecule has 174 valence electrons. The first-order valence-electron chi connectivity index (χ1n) is 11.2. The highest BCUT2D eigenvalue weighted by Crippen LogP contribution is 2.42. The lowest BCUT2D eigenvalue weighted by Gasteiger charge is -2.42. The van der Waals surface area contributed by atoms with Crippen LogP contribution in [-0.4, -0.2) is 45.7 Å². The van der Waals surface area contributed by atoms with Crippen molar-refractivity contribution in [2.75, 3.05) is 13.1 Å². The highest BCUT2D eigenvalue weighted by atomic mass is 19.1. The minimum atomic E-state index is -1.25. The quantitative estimate of drug-likeness (QED) is 0.721. The average Bonchev–Trinajstić information content (AvgIpc) is 3.05. The molecule has 1 atom stereocenters. The molecule has 1 N–H and O–H groups in total. The molecule has 0 saturated carbocycles. The van der Waals surface area contributed by atoms with Crippen molar-refractivity contribution < 1.29 is 18.8 Å². The summed E-state index contributed by atoms with van der Waals surface area (Å²) in [6.45, 7) is 6.77. The Bertz CT molecular complexity index is 1040. The number of rotatable bonds is 4. The Morgan fingerprint density at radius 2 is 1.82 bits per heavy atom. The molecular formula is C25H29FN4O3. The van der Waals surface area contributed by atoms with Crippen molar-refractivity contribution in [1.82, 2.24) is 20.1 Å². The van der Waals surface area contributed by atoms with E-state index in [9.17, 15) is 18.8 Å². The van der Waals surface area contributed by atoms with Gasteiger partial charge in [-0.25, -0.2) is 9.18 Å². The van der Waals surface area contributed by atoms with Crippen LogP contribution < -0.4 is 5.32 Å². The van der Waals surface area contributed by atoms with Gasteiger partial charge >= 0.3 is 6.03 Å². The van der Waals surface area contributed by atoms with Crippen LogP contribution in [0.4, 0.5) is 9.18 Å². The molecule has 0 spiro atoms. The van der Waals surface area contributed by atoms with Gasteiger partial charge in [-0.1, -0.05) is 39.0 Å². The molecule has 0 bridgehead atoms. The van der Waals surface area contributed by atoms with Gasteiger partial charge < -0.3 is 10.2 Å². The molecular weight excluding hydrogens is 423 g/mol. The number of likely N-dealkylation sites (tertiary alicyclic amines) is 1. The van der Waals surface area contributed by atoms with Crippen LogP contribution in [-0.2, 0) is 21.7 Å². The highest BCUT2D eigenvalue weighted by Gasteiger charge is 2.57. The Hall–Kier alpha value is -3.29. The van der Waals surface area contributed by atoms with E-state index in [-0.39, 0.29) is 30.1 Å². The number of carbonyl (C=O) groups is 3. The lowest BCUT2D eigenvalue weighted by atomic mass is 9.73. The topological polar surface area (TPSA) is 82.6 Å². The van der Waals surface area contributed by atoms with Gasteiger partial charge in [0.1, 0.15) is 5.82 Å². The number of halogens is 1. The SMILES string of the molecule is CC(C)(C)C(=O)N1CCC(C2(c3cccnc3)NC(=O)N(Cc3ccc(F)cc3)C2=O)CC1. The zero-order chi connectivity index (χ0) is 23.8. The van der Waals surface area contributed by atoms with Gasteiger partial charge in [-0.2, -0.15) is 0 Å². The molecule has 8 heteroatoms. The summed E-state index contributed by atoms with van der Waals surface area (Å²) in [5.74, 6) is -0.834. The van der Waals surface area contributed by atoms with E-state index in [2.05, 4.69) is 10.3 Å². The molecule has 2 aliphatic heterocycles. The molecule has 2 saturated heterocycles. The molecule has 1 aromatic heterocycles. The molecule has 4 amide bonds. The maximum Gasteiger partial charge on any atom is 0.325 e. The van der Waals surface area contributed by atoms with Gasteiger partial charge in [0.2, 0.25) is 5.91 Å². The number of pyridine rings is 1. The van der Waals surface area contributed by atoms with Crippen molar-refractivity contribution in [1.29, 1.82) is 0 Å². The van der Waals surface area contributed by atoms with Gasteiger partial charge in [0.15, 0.2) is 5.54 Å². The number of benzene rings is 1. The fourth-order valence-corrected chi connectivity index (χ4v) is 4.80. The summed E-state index contributed by atoms with van der Waals surface area (Å²) in [6.07, 6.45) is 4.39. The first-order valence-corrected chi connectivity index (χ1v) is 11.2. The first kappa shape index (κ1) is 22.9. The Kier molecular flexibility index (Phi) is 5.95. The molecule has 2 fully saturated rings. The van der Waals surface area contributed by atoms with Gasteiger partial charge in [-0.3, -0.25) is 19.5 Å². The number of nitrogens with one attached hydrogen (secondary N) is 1. The van der Waals surface area contributed by atoms with E-state index in [1.165, 1.54) is 17.0 Å². The van der Waals surface area contributed by atoms with Crippen LogP contribution >= 0.6 is 0 Å². The number of imide groups is 1. The predicted octanol–water partition coefficient (Wildman–Crippen LogP) is 3.45. The van der Waals surface area contributed by atoms with Crippen molar-refractivity contribution in [3.8, 4) is 0 Å². The fraction of sp³-hybridized carbons (Fsp3) is 0.440. The lowest BCUT2D eigenvalue weighted by molar-refractivity contribution is -0.142. The highest BCUT2D eigenvalue weighted by molar-refractivity contribution is 6.07. The zero-order valence-electron chi connectivity index (χ0n) is 19.2. The Balaban J connectivity index is 1.63. The van der Waals surface area contributed by atoms with Crippen LogP contribution in [0.25, 0.3) is 0 Å². The third-order valence-corrected chi connectivity index (χ3v) is 6.54. The summed E-state index contributed by atoms with van der Waals surface area (Å²) in [5.41, 5.74) is -0.433. The molecule has 0 radical (unpaired) electrons. The lowest BCUT2D eigenvalue weighted by Crippen LogP contribution is -2.55. The molecule has 2 aliphatic rings. The average molecular weight is 453 g/mol. The van der Waals surface area contributed by atoms with E-state index in [1.54, 1.807) is 36.7 Å². The maximum absolute atomic E-state index is 13.8. The Labute approximate surface area is 193 Å². The molecule has 7 nitrogen and oxygen atoms in total. The standard InChI is InChI=1S/C25H29FN4O3/c1-24(2,3)21(31)29-13-10-18(11-14-29)25(19-5-4-12-27-15-19)22(32)30(23(33)28-25)16-17-6-8-20(26)9-7-17/h4-9,12,15,18H,10-11,13-14,16H2,1-3H3,(H,28,33). The van der Waals surface area contributed by atoms with Gasteiger partial charge in [-0.05, 0) is 42.5 Å². The molecule has 3 heterocycles. The van der Waals surface area contributed by atoms with E-state index in [1.807, 2.05) is 25.7 Å². The summed E-state index contributed by atoms with van der Waals surface area (Å²) in [7, 11) is 0. The molecule has 1 aromatic carbocycles. The smallest absolute Gasteiger partial charge is 0.325 e. The van der Waals surface area contributed by atoms with Crippen molar-refractivity contribution in [3.05, 3.63) is 65.7 Å². The molecule has 33 heavy (non-hydrogen) atoms. The van der Waals surface area contributed by atoms with Gasteiger partial charge in [0, 0.05) is 36.5 Å². The summed E-state index contributed by atoms with van der Waals surface area (Å²) in [6, 6.07) is 8.82. The van der Waals surface area contributed by atoms with Crippen molar-refractivity contribution in [2.24, 2.45) is 11.3 Å². The van der Waals surface area contributed by atoms with E-state index >= 15 is 0 Å². The van der Waals surface area contributed by atoms with Crippen molar-refractivity contribution in [3.63, 3.8) is 0 Å². The largest absolute Gasteiger partial charge is 0.342 e. The van der Waals surface area contributed by atoms with E-state index in [4.69, 9.17) is 0 Å². The van der Waals surface area contributed by atoms with E-state index in [0.29, 0.717) is 37.1 Å². The van der Waals surface area contributed by atoms with E-state index in [0.717, 1.165) is 0 Å². The first-order chi connectivity index (χ1) is 15.6. The number of carbonyl (C=O) groups excluding carboxylic acids is 3. The van der Waals surface area contributed by atoms with Crippen LogP contribution in [0.1, 0.15) is 44.7 Å². The number of urea groups is 1. The zero-order valence-corrected chi connectivity index (χ0v) is 19.2. The maximum atomic E-state index is 13.8. The van der Waals surface area contributed by atoms with Crippen molar-refractivity contribution in [2.45, 2.75) is 45.7 Å². The van der Waals surface area contributed by atoms with Crippen molar-refractivity contribution >= 4 is 17.8 Å². The third-order valence-electron chi connectivity index (χ3n) is 6.54. The van der Waals surface area contributed by atoms with Gasteiger partial charge in [0.25, 0.3) is 5.91 Å². The van der Waals surface area contributed by atoms with Crippen LogP contribution in [0.5, 0.6) is 0 Å². The minimum absolute atomic E-state index is 0.0499. The van der Waals surface area contributed by atoms with E-state index < -0.39 is 17.0 Å². The number of nitrogens with zero attached hydrogens (tertiary/aromatic N) is 3. The minimum Gasteiger partial charge on any atom is -0.342 e. The summed E-state index contributed by atoms with van der Waals surface area (Å²) >= 11 is 0. The second-order valence-corrected chi connectivity index (χ2v) is 9.81. The molecule has 4 rings (SSSR count). The normalized spacial score (nSPS) is 21.9. The van der Waals surface area contributed by atoms with Crippen LogP contribution in [0, 0.1) is 17.2 Å². The molecule has 1 unspecified atom stereocenters. The second-order valence-electron chi connectivity index (χ2n) is 9.81. The number of hydrogen-bond acceptors (Lipinski definition) is 4. The third kappa shape index (κ3) is 4.21. The van der Waals surface area contributed by atoms with Crippen LogP contribution in [0.15, 0.2) is 48.8 Å². The van der Waals surface area contributed by atoms with Crippen LogP contribution in [0.3, 0.4) is 0 Å². The summed E-state index contributed by atoms with van der Waals surface area (Å²) in [4.78, 5) is 46.8. The van der Waals surface area contributed by atoms with Gasteiger partial charge in [-0.15, -0.1) is 0 Å². The Morgan fingerprint density at radius 1 is 1.15 bits per heavy atom. The monoisotopic (exact) mass is 452 g/mol. The number of aromatic nitrogens is 1. The number of hydrogen-bond donors (Lipinski definition) is 1. The number of piperidine rings is 1. The van der Waals surface area contributed by atoms with Gasteiger partial charge in [0.05, 0.1) is 6.54 Å². The Morgan fingerprint density at radius 3 is 2.39 bits per heavy atom. The second kappa shape index (κ2) is 8.57. The summed E-state index contributed by atoms with van der Waals surface area (Å²) in [5, 5.41) is 2.98. The van der Waals surface area contributed by atoms with Crippen LogP contribution in [0.2, 0.25) is 0 Å². The molecule has 0 aliphatic carbocycles. The summed E-state index contributed by atoms with van der Waals surface area (Å²) < 4.78 is 13.3. The predicted molar refractivity (Wildman–Crippen MR) is 120 cm³/mol. The number of amides is 4. The fourth-order valence-electron chi connectivity index (χ4n) is 4.80.